The minimum Gasteiger partial charge on any atom is -0.368 e. The van der Waals surface area contributed by atoms with E-state index in [0.717, 1.165) is 31.7 Å². The van der Waals surface area contributed by atoms with E-state index in [4.69, 9.17) is 5.26 Å². The van der Waals surface area contributed by atoms with E-state index in [1.807, 2.05) is 12.1 Å². The summed E-state index contributed by atoms with van der Waals surface area (Å²) >= 11 is 0. The lowest BCUT2D eigenvalue weighted by atomic mass is 10.0. The van der Waals surface area contributed by atoms with Crippen molar-refractivity contribution in [2.45, 2.75) is 12.5 Å². The average Bonchev–Trinajstić information content (AvgIpc) is 2.67. The fraction of sp³-hybridized carbons (Fsp3) is 0.533. The third-order valence-corrected chi connectivity index (χ3v) is 4.11. The molecule has 1 aromatic carbocycles. The van der Waals surface area contributed by atoms with Crippen LogP contribution in [0.25, 0.3) is 0 Å². The van der Waals surface area contributed by atoms with E-state index in [-0.39, 0.29) is 0 Å². The van der Waals surface area contributed by atoms with Crippen LogP contribution < -0.4 is 10.2 Å². The Balaban J connectivity index is 1.55. The van der Waals surface area contributed by atoms with E-state index < -0.39 is 0 Å². The van der Waals surface area contributed by atoms with Crippen LogP contribution >= 0.6 is 0 Å². The second-order valence-corrected chi connectivity index (χ2v) is 5.36. The molecule has 1 aromatic rings. The van der Waals surface area contributed by atoms with Gasteiger partial charge in [-0.05, 0) is 43.8 Å². The molecule has 0 aromatic heterocycles. The highest BCUT2D eigenvalue weighted by molar-refractivity contribution is 5.52. The second-order valence-electron chi connectivity index (χ2n) is 5.36. The number of nitrogens with one attached hydrogen (secondary N) is 1. The molecule has 1 N–H and O–H groups in total. The van der Waals surface area contributed by atoms with Crippen molar-refractivity contribution in [3.63, 3.8) is 0 Å². The summed E-state index contributed by atoms with van der Waals surface area (Å²) in [5.74, 6) is 0. The van der Waals surface area contributed by atoms with Gasteiger partial charge in [0, 0.05) is 37.9 Å². The van der Waals surface area contributed by atoms with Crippen molar-refractivity contribution < 1.29 is 0 Å². The van der Waals surface area contributed by atoms with Gasteiger partial charge >= 0.3 is 0 Å². The van der Waals surface area contributed by atoms with Crippen LogP contribution in [-0.4, -0.2) is 50.2 Å². The summed E-state index contributed by atoms with van der Waals surface area (Å²) in [5, 5.41) is 12.3. The molecule has 19 heavy (non-hydrogen) atoms. The molecule has 100 valence electrons. The molecule has 0 bridgehead atoms. The first-order valence-corrected chi connectivity index (χ1v) is 7.07. The molecule has 0 amide bonds. The van der Waals surface area contributed by atoms with Crippen molar-refractivity contribution in [3.05, 3.63) is 29.8 Å². The predicted molar refractivity (Wildman–Crippen MR) is 76.2 cm³/mol. The molecule has 0 aliphatic carbocycles. The zero-order valence-corrected chi connectivity index (χ0v) is 11.2. The first-order valence-electron chi connectivity index (χ1n) is 7.07. The van der Waals surface area contributed by atoms with Crippen molar-refractivity contribution >= 4 is 5.69 Å². The van der Waals surface area contributed by atoms with Crippen molar-refractivity contribution in [2.75, 3.05) is 44.2 Å². The molecule has 0 saturated carbocycles. The molecule has 2 saturated heterocycles. The third-order valence-electron chi connectivity index (χ3n) is 4.11. The minimum absolute atomic E-state index is 0.704. The van der Waals surface area contributed by atoms with Crippen molar-refractivity contribution in [2.24, 2.45) is 0 Å². The Labute approximate surface area is 114 Å². The lowest BCUT2D eigenvalue weighted by Crippen LogP contribution is -2.60. The topological polar surface area (TPSA) is 42.3 Å². The number of hydrogen-bond acceptors (Lipinski definition) is 4. The Bertz CT molecular complexity index is 448. The van der Waals surface area contributed by atoms with Crippen molar-refractivity contribution in [1.29, 1.82) is 5.26 Å². The fourth-order valence-electron chi connectivity index (χ4n) is 2.88. The molecule has 2 aliphatic heterocycles. The molecular formula is C15H20N4. The van der Waals surface area contributed by atoms with E-state index in [9.17, 15) is 0 Å². The predicted octanol–water partition coefficient (Wildman–Crippen LogP) is 1.04. The smallest absolute Gasteiger partial charge is 0.0991 e. The van der Waals surface area contributed by atoms with E-state index in [0.29, 0.717) is 6.04 Å². The number of rotatable bonds is 2. The first kappa shape index (κ1) is 12.5. The molecule has 4 nitrogen and oxygen atoms in total. The lowest BCUT2D eigenvalue weighted by Gasteiger charge is -2.46. The Morgan fingerprint density at radius 2 is 1.89 bits per heavy atom. The molecule has 2 fully saturated rings. The number of anilines is 1. The molecule has 3 rings (SSSR count). The van der Waals surface area contributed by atoms with Crippen LogP contribution in [0.2, 0.25) is 0 Å². The number of hydrogen-bond donors (Lipinski definition) is 1. The van der Waals surface area contributed by atoms with Crippen LogP contribution in [0.1, 0.15) is 12.0 Å². The molecule has 0 unspecified atom stereocenters. The van der Waals surface area contributed by atoms with Gasteiger partial charge in [0.15, 0.2) is 0 Å². The number of benzene rings is 1. The summed E-state index contributed by atoms with van der Waals surface area (Å²) in [6, 6.07) is 10.8. The second kappa shape index (κ2) is 5.60. The van der Waals surface area contributed by atoms with Crippen LogP contribution in [-0.2, 0) is 0 Å². The quantitative estimate of drug-likeness (QED) is 0.858. The van der Waals surface area contributed by atoms with E-state index in [2.05, 4.69) is 33.3 Å². The summed E-state index contributed by atoms with van der Waals surface area (Å²) in [4.78, 5) is 5.00. The fourth-order valence-corrected chi connectivity index (χ4v) is 2.88. The lowest BCUT2D eigenvalue weighted by molar-refractivity contribution is 0.177. The van der Waals surface area contributed by atoms with Gasteiger partial charge in [0.25, 0.3) is 0 Å². The zero-order valence-electron chi connectivity index (χ0n) is 11.2. The van der Waals surface area contributed by atoms with E-state index in [1.54, 1.807) is 0 Å². The average molecular weight is 256 g/mol. The maximum absolute atomic E-state index is 8.80. The van der Waals surface area contributed by atoms with Gasteiger partial charge in [-0.25, -0.2) is 0 Å². The first-order chi connectivity index (χ1) is 9.36. The highest BCUT2D eigenvalue weighted by Gasteiger charge is 2.31. The van der Waals surface area contributed by atoms with E-state index in [1.165, 1.54) is 25.2 Å². The van der Waals surface area contributed by atoms with Crippen molar-refractivity contribution in [1.82, 2.24) is 10.2 Å². The van der Waals surface area contributed by atoms with E-state index >= 15 is 0 Å². The van der Waals surface area contributed by atoms with Gasteiger partial charge in [0.1, 0.15) is 0 Å². The summed E-state index contributed by atoms with van der Waals surface area (Å²) in [5.41, 5.74) is 1.97. The molecule has 2 aliphatic rings. The maximum atomic E-state index is 8.80. The molecule has 0 radical (unpaired) electrons. The Morgan fingerprint density at radius 3 is 2.63 bits per heavy atom. The van der Waals surface area contributed by atoms with Crippen LogP contribution in [0.5, 0.6) is 0 Å². The Morgan fingerprint density at radius 1 is 1.11 bits per heavy atom. The van der Waals surface area contributed by atoms with Gasteiger partial charge in [-0.2, -0.15) is 5.26 Å². The number of nitrogens with zero attached hydrogens (tertiary/aromatic N) is 3. The van der Waals surface area contributed by atoms with Crippen LogP contribution in [0.3, 0.4) is 0 Å². The molecule has 0 atom stereocenters. The van der Waals surface area contributed by atoms with Gasteiger partial charge in [-0.3, -0.25) is 4.90 Å². The summed E-state index contributed by atoms with van der Waals surface area (Å²) in [6.07, 6.45) is 1.26. The molecule has 4 heteroatoms. The SMILES string of the molecule is N#Cc1ccc(N2CC(N3CCCNCC3)C2)cc1. The third kappa shape index (κ3) is 2.73. The van der Waals surface area contributed by atoms with Gasteiger partial charge in [0.05, 0.1) is 11.6 Å². The number of nitriles is 1. The largest absolute Gasteiger partial charge is 0.368 e. The van der Waals surface area contributed by atoms with Crippen LogP contribution in [0, 0.1) is 11.3 Å². The van der Waals surface area contributed by atoms with Crippen LogP contribution in [0.15, 0.2) is 24.3 Å². The standard InChI is InChI=1S/C15H20N4/c16-10-13-2-4-14(5-3-13)19-11-15(12-19)18-8-1-6-17-7-9-18/h2-5,15,17H,1,6-9,11-12H2. The monoisotopic (exact) mass is 256 g/mol. The van der Waals surface area contributed by atoms with Gasteiger partial charge in [0.2, 0.25) is 0 Å². The Hall–Kier alpha value is -1.57. The normalized spacial score (nSPS) is 21.5. The molecular weight excluding hydrogens is 236 g/mol. The zero-order chi connectivity index (χ0) is 13.1. The van der Waals surface area contributed by atoms with Crippen molar-refractivity contribution in [3.8, 4) is 6.07 Å². The summed E-state index contributed by atoms with van der Waals surface area (Å²) < 4.78 is 0. The van der Waals surface area contributed by atoms with Gasteiger partial charge < -0.3 is 10.2 Å². The minimum atomic E-state index is 0.704. The van der Waals surface area contributed by atoms with Crippen LogP contribution in [0.4, 0.5) is 5.69 Å². The van der Waals surface area contributed by atoms with Gasteiger partial charge in [-0.1, -0.05) is 0 Å². The maximum Gasteiger partial charge on any atom is 0.0991 e. The summed E-state index contributed by atoms with van der Waals surface area (Å²) in [6.45, 7) is 6.90. The van der Waals surface area contributed by atoms with Gasteiger partial charge in [-0.15, -0.1) is 0 Å². The highest BCUT2D eigenvalue weighted by Crippen LogP contribution is 2.24. The highest BCUT2D eigenvalue weighted by atomic mass is 15.3. The summed E-state index contributed by atoms with van der Waals surface area (Å²) in [7, 11) is 0. The Kier molecular flexibility index (Phi) is 3.67. The molecule has 2 heterocycles. The molecule has 0 spiro atoms.